The van der Waals surface area contributed by atoms with Gasteiger partial charge in [-0.1, -0.05) is 0 Å². The maximum Gasteiger partial charge on any atom is 0.303 e. The summed E-state index contributed by atoms with van der Waals surface area (Å²) in [5.74, 6) is -0.729. The molecule has 1 rings (SSSR count). The second-order valence-corrected chi connectivity index (χ2v) is 4.13. The van der Waals surface area contributed by atoms with E-state index >= 15 is 0 Å². The predicted octanol–water partition coefficient (Wildman–Crippen LogP) is 1.49. The molecule has 0 heterocycles. The van der Waals surface area contributed by atoms with Gasteiger partial charge in [0, 0.05) is 19.2 Å². The monoisotopic (exact) mass is 297 g/mol. The van der Waals surface area contributed by atoms with Crippen molar-refractivity contribution >= 4 is 17.6 Å². The van der Waals surface area contributed by atoms with Crippen LogP contribution in [0.2, 0.25) is 0 Å². The Kier molecular flexibility index (Phi) is 7.85. The molecule has 0 aliphatic carbocycles. The van der Waals surface area contributed by atoms with Crippen LogP contribution in [0, 0.1) is 0 Å². The molecular weight excluding hydrogens is 278 g/mol. The largest absolute Gasteiger partial charge is 0.481 e. The third-order valence-corrected chi connectivity index (χ3v) is 2.44. The van der Waals surface area contributed by atoms with Crippen molar-refractivity contribution in [3.8, 4) is 5.75 Å². The molecule has 1 aromatic carbocycles. The summed E-state index contributed by atoms with van der Waals surface area (Å²) in [4.78, 5) is 21.8. The minimum atomic E-state index is -0.998. The molecule has 1 aromatic rings. The van der Waals surface area contributed by atoms with Crippen LogP contribution in [0.3, 0.4) is 0 Å². The number of hydrogen-bond acceptors (Lipinski definition) is 5. The smallest absolute Gasteiger partial charge is 0.303 e. The van der Waals surface area contributed by atoms with Crippen molar-refractivity contribution in [1.82, 2.24) is 0 Å². The quantitative estimate of drug-likeness (QED) is 0.502. The first-order valence-corrected chi connectivity index (χ1v) is 6.43. The number of amides is 1. The molecule has 0 aliphatic heterocycles. The highest BCUT2D eigenvalue weighted by Gasteiger charge is 2.05. The van der Waals surface area contributed by atoms with E-state index in [0.29, 0.717) is 24.7 Å². The summed E-state index contributed by atoms with van der Waals surface area (Å²) in [6.45, 7) is 1.08. The van der Waals surface area contributed by atoms with Crippen LogP contribution < -0.4 is 10.1 Å². The number of nitrogens with one attached hydrogen (secondary N) is 1. The van der Waals surface area contributed by atoms with Crippen LogP contribution in [-0.2, 0) is 19.1 Å². The highest BCUT2D eigenvalue weighted by molar-refractivity contribution is 5.92. The van der Waals surface area contributed by atoms with Crippen molar-refractivity contribution in [3.63, 3.8) is 0 Å². The second-order valence-electron chi connectivity index (χ2n) is 4.13. The van der Waals surface area contributed by atoms with Crippen LogP contribution in [0.5, 0.6) is 5.75 Å². The number of anilines is 1. The van der Waals surface area contributed by atoms with E-state index in [1.54, 1.807) is 31.4 Å². The molecule has 0 fully saturated rings. The zero-order valence-corrected chi connectivity index (χ0v) is 11.8. The van der Waals surface area contributed by atoms with Gasteiger partial charge in [0.15, 0.2) is 6.79 Å². The van der Waals surface area contributed by atoms with Gasteiger partial charge in [-0.25, -0.2) is 0 Å². The van der Waals surface area contributed by atoms with Gasteiger partial charge in [0.1, 0.15) is 5.75 Å². The molecule has 2 N–H and O–H groups in total. The number of carbonyl (C=O) groups excluding carboxylic acids is 1. The predicted molar refractivity (Wildman–Crippen MR) is 75.3 cm³/mol. The van der Waals surface area contributed by atoms with Crippen LogP contribution in [0.1, 0.15) is 12.8 Å². The molecule has 116 valence electrons. The molecule has 0 radical (unpaired) electrons. The fourth-order valence-corrected chi connectivity index (χ4v) is 1.39. The first-order valence-electron chi connectivity index (χ1n) is 6.43. The van der Waals surface area contributed by atoms with Crippen molar-refractivity contribution in [3.05, 3.63) is 24.3 Å². The van der Waals surface area contributed by atoms with Gasteiger partial charge in [0.25, 0.3) is 0 Å². The number of carbonyl (C=O) groups is 2. The van der Waals surface area contributed by atoms with E-state index < -0.39 is 5.97 Å². The molecule has 21 heavy (non-hydrogen) atoms. The Hall–Kier alpha value is -2.12. The van der Waals surface area contributed by atoms with Gasteiger partial charge in [-0.05, 0) is 24.3 Å². The number of aliphatic carboxylic acids is 1. The molecule has 7 nitrogen and oxygen atoms in total. The van der Waals surface area contributed by atoms with Gasteiger partial charge >= 0.3 is 5.97 Å². The fraction of sp³-hybridized carbons (Fsp3) is 0.429. The molecule has 0 unspecified atom stereocenters. The van der Waals surface area contributed by atoms with E-state index in [4.69, 9.17) is 19.3 Å². The summed E-state index contributed by atoms with van der Waals surface area (Å²) in [5, 5.41) is 11.1. The number of rotatable bonds is 10. The van der Waals surface area contributed by atoms with Crippen molar-refractivity contribution < 1.29 is 28.9 Å². The van der Waals surface area contributed by atoms with Crippen LogP contribution >= 0.6 is 0 Å². The average Bonchev–Trinajstić information content (AvgIpc) is 2.47. The van der Waals surface area contributed by atoms with E-state index in [2.05, 4.69) is 5.32 Å². The van der Waals surface area contributed by atoms with E-state index in [-0.39, 0.29) is 25.5 Å². The summed E-state index contributed by atoms with van der Waals surface area (Å²) in [6.07, 6.45) is -0.243. The Bertz CT molecular complexity index is 445. The molecule has 0 saturated carbocycles. The number of carboxylic acid groups (broad SMARTS) is 1. The molecule has 1 amide bonds. The maximum absolute atomic E-state index is 11.4. The summed E-state index contributed by atoms with van der Waals surface area (Å²) < 4.78 is 15.3. The third-order valence-electron chi connectivity index (χ3n) is 2.44. The molecule has 0 bridgehead atoms. The van der Waals surface area contributed by atoms with Crippen LogP contribution in [0.25, 0.3) is 0 Å². The SMILES string of the molecule is COCCOCOc1ccc(NC(=O)CCC(=O)O)cc1. The summed E-state index contributed by atoms with van der Waals surface area (Å²) in [7, 11) is 1.59. The number of methoxy groups -OCH3 is 1. The Labute approximate surface area is 122 Å². The van der Waals surface area contributed by atoms with E-state index in [1.807, 2.05) is 0 Å². The molecule has 0 saturated heterocycles. The van der Waals surface area contributed by atoms with Crippen LogP contribution in [0.15, 0.2) is 24.3 Å². The summed E-state index contributed by atoms with van der Waals surface area (Å²) in [5.41, 5.74) is 0.582. The van der Waals surface area contributed by atoms with Gasteiger partial charge in [-0.2, -0.15) is 0 Å². The Morgan fingerprint density at radius 1 is 1.14 bits per heavy atom. The van der Waals surface area contributed by atoms with Crippen molar-refractivity contribution in [1.29, 1.82) is 0 Å². The molecule has 0 spiro atoms. The minimum absolute atomic E-state index is 0.0546. The van der Waals surface area contributed by atoms with Gasteiger partial charge in [0.05, 0.1) is 19.6 Å². The van der Waals surface area contributed by atoms with Crippen LogP contribution in [0.4, 0.5) is 5.69 Å². The number of benzene rings is 1. The summed E-state index contributed by atoms with van der Waals surface area (Å²) in [6, 6.07) is 6.71. The first-order chi connectivity index (χ1) is 10.1. The lowest BCUT2D eigenvalue weighted by molar-refractivity contribution is -0.138. The molecule has 0 aromatic heterocycles. The van der Waals surface area contributed by atoms with Gasteiger partial charge in [-0.3, -0.25) is 9.59 Å². The molecule has 0 aliphatic rings. The van der Waals surface area contributed by atoms with Crippen LogP contribution in [-0.4, -0.2) is 44.1 Å². The van der Waals surface area contributed by atoms with Gasteiger partial charge in [-0.15, -0.1) is 0 Å². The van der Waals surface area contributed by atoms with Gasteiger partial charge < -0.3 is 24.6 Å². The van der Waals surface area contributed by atoms with E-state index in [0.717, 1.165) is 0 Å². The lowest BCUT2D eigenvalue weighted by Crippen LogP contribution is -2.13. The average molecular weight is 297 g/mol. The Morgan fingerprint density at radius 2 is 1.86 bits per heavy atom. The highest BCUT2D eigenvalue weighted by atomic mass is 16.7. The molecular formula is C14H19NO6. The first kappa shape index (κ1) is 16.9. The van der Waals surface area contributed by atoms with Gasteiger partial charge in [0.2, 0.25) is 5.91 Å². The molecule has 7 heteroatoms. The normalized spacial score (nSPS) is 10.1. The number of hydrogen-bond donors (Lipinski definition) is 2. The minimum Gasteiger partial charge on any atom is -0.481 e. The van der Waals surface area contributed by atoms with Crippen molar-refractivity contribution in [2.24, 2.45) is 0 Å². The Morgan fingerprint density at radius 3 is 2.48 bits per heavy atom. The molecule has 0 atom stereocenters. The summed E-state index contributed by atoms with van der Waals surface area (Å²) >= 11 is 0. The zero-order chi connectivity index (χ0) is 15.5. The highest BCUT2D eigenvalue weighted by Crippen LogP contribution is 2.16. The lowest BCUT2D eigenvalue weighted by atomic mass is 10.2. The number of ether oxygens (including phenoxy) is 3. The second kappa shape index (κ2) is 9.73. The van der Waals surface area contributed by atoms with E-state index in [1.165, 1.54) is 0 Å². The van der Waals surface area contributed by atoms with Crippen molar-refractivity contribution in [2.45, 2.75) is 12.8 Å². The zero-order valence-electron chi connectivity index (χ0n) is 11.8. The maximum atomic E-state index is 11.4. The van der Waals surface area contributed by atoms with E-state index in [9.17, 15) is 9.59 Å². The standard InChI is InChI=1S/C14H19NO6/c1-19-8-9-20-10-21-12-4-2-11(3-5-12)15-13(16)6-7-14(17)18/h2-5H,6-10H2,1H3,(H,15,16)(H,17,18). The fourth-order valence-electron chi connectivity index (χ4n) is 1.39. The topological polar surface area (TPSA) is 94.1 Å². The third kappa shape index (κ3) is 7.91. The number of carboxylic acids is 1. The van der Waals surface area contributed by atoms with Crippen molar-refractivity contribution in [2.75, 3.05) is 32.4 Å². The Balaban J connectivity index is 2.29. The lowest BCUT2D eigenvalue weighted by Gasteiger charge is -2.08.